The number of nitrogens with zero attached hydrogens (tertiary/aromatic N) is 2. The zero-order valence-electron chi connectivity index (χ0n) is 18.7. The summed E-state index contributed by atoms with van der Waals surface area (Å²) in [6.07, 6.45) is 5.59. The van der Waals surface area contributed by atoms with Crippen LogP contribution in [0, 0.1) is 5.41 Å². The predicted octanol–water partition coefficient (Wildman–Crippen LogP) is 2.69. The Labute approximate surface area is 198 Å². The minimum absolute atomic E-state index is 0. The molecule has 1 amide bonds. The predicted molar refractivity (Wildman–Crippen MR) is 132 cm³/mol. The van der Waals surface area contributed by atoms with Crippen LogP contribution < -0.4 is 15.4 Å². The lowest BCUT2D eigenvalue weighted by molar-refractivity contribution is -0.127. The number of likely N-dealkylation sites (N-methyl/N-ethyl adjacent to an activating group) is 1. The van der Waals surface area contributed by atoms with E-state index in [1.165, 1.54) is 24.8 Å². The molecule has 170 valence electrons. The van der Waals surface area contributed by atoms with Gasteiger partial charge in [-0.05, 0) is 48.8 Å². The van der Waals surface area contributed by atoms with Crippen LogP contribution in [0.2, 0.25) is 0 Å². The molecule has 2 N–H and O–H groups in total. The maximum absolute atomic E-state index is 11.9. The summed E-state index contributed by atoms with van der Waals surface area (Å²) in [5.41, 5.74) is 1.50. The van der Waals surface area contributed by atoms with Crippen LogP contribution in [0.25, 0.3) is 0 Å². The monoisotopic (exact) mass is 532 g/mol. The minimum atomic E-state index is -0.0148. The summed E-state index contributed by atoms with van der Waals surface area (Å²) in [6, 6.07) is 8.06. The van der Waals surface area contributed by atoms with Gasteiger partial charge >= 0.3 is 0 Å². The smallest absolute Gasteiger partial charge is 0.243 e. The Morgan fingerprint density at radius 2 is 1.87 bits per heavy atom. The highest BCUT2D eigenvalue weighted by Gasteiger charge is 2.36. The van der Waals surface area contributed by atoms with E-state index in [9.17, 15) is 4.79 Å². The maximum atomic E-state index is 11.9. The SMILES string of the molecule is COCCC1(CNC(=NCC(=O)N(C)C)NCCc2ccc(OC)cc2)CCC1.I. The summed E-state index contributed by atoms with van der Waals surface area (Å²) < 4.78 is 10.5. The average molecular weight is 532 g/mol. The third kappa shape index (κ3) is 8.67. The molecule has 0 spiro atoms. The molecule has 0 aliphatic heterocycles. The number of benzene rings is 1. The zero-order chi connectivity index (χ0) is 21.1. The number of carbonyl (C=O) groups excluding carboxylic acids is 1. The summed E-state index contributed by atoms with van der Waals surface area (Å²) in [5, 5.41) is 6.84. The third-order valence-corrected chi connectivity index (χ3v) is 5.62. The number of nitrogens with one attached hydrogen (secondary N) is 2. The van der Waals surface area contributed by atoms with Crippen molar-refractivity contribution in [1.29, 1.82) is 0 Å². The first-order valence-electron chi connectivity index (χ1n) is 10.3. The van der Waals surface area contributed by atoms with Gasteiger partial charge in [0.25, 0.3) is 0 Å². The van der Waals surface area contributed by atoms with E-state index in [1.54, 1.807) is 33.2 Å². The van der Waals surface area contributed by atoms with Crippen LogP contribution in [0.15, 0.2) is 29.3 Å². The molecule has 30 heavy (non-hydrogen) atoms. The van der Waals surface area contributed by atoms with Crippen molar-refractivity contribution in [3.8, 4) is 5.75 Å². The highest BCUT2D eigenvalue weighted by Crippen LogP contribution is 2.43. The van der Waals surface area contributed by atoms with Crippen molar-refractivity contribution in [1.82, 2.24) is 15.5 Å². The summed E-state index contributed by atoms with van der Waals surface area (Å²) in [7, 11) is 6.91. The van der Waals surface area contributed by atoms with Gasteiger partial charge in [0.2, 0.25) is 5.91 Å². The molecule has 0 unspecified atom stereocenters. The quantitative estimate of drug-likeness (QED) is 0.261. The van der Waals surface area contributed by atoms with Crippen LogP contribution in [0.5, 0.6) is 5.75 Å². The molecule has 1 aromatic carbocycles. The molecule has 7 nitrogen and oxygen atoms in total. The average Bonchev–Trinajstić information content (AvgIpc) is 2.70. The molecule has 0 heterocycles. The normalized spacial score (nSPS) is 14.9. The molecule has 1 aliphatic carbocycles. The second-order valence-electron chi connectivity index (χ2n) is 7.93. The molecule has 0 radical (unpaired) electrons. The van der Waals surface area contributed by atoms with Crippen molar-refractivity contribution in [2.24, 2.45) is 10.4 Å². The van der Waals surface area contributed by atoms with Gasteiger partial charge < -0.3 is 25.0 Å². The number of aliphatic imine (C=N–C) groups is 1. The van der Waals surface area contributed by atoms with Crippen molar-refractivity contribution in [3.05, 3.63) is 29.8 Å². The lowest BCUT2D eigenvalue weighted by Crippen LogP contribution is -2.47. The van der Waals surface area contributed by atoms with Crippen LogP contribution in [0.4, 0.5) is 0 Å². The highest BCUT2D eigenvalue weighted by atomic mass is 127. The van der Waals surface area contributed by atoms with Gasteiger partial charge in [-0.15, -0.1) is 24.0 Å². The molecule has 1 aromatic rings. The summed E-state index contributed by atoms with van der Waals surface area (Å²) in [6.45, 7) is 2.49. The van der Waals surface area contributed by atoms with E-state index in [4.69, 9.17) is 9.47 Å². The molecule has 0 saturated heterocycles. The van der Waals surface area contributed by atoms with Crippen molar-refractivity contribution < 1.29 is 14.3 Å². The number of methoxy groups -OCH3 is 2. The number of carbonyl (C=O) groups is 1. The van der Waals surface area contributed by atoms with Gasteiger partial charge in [-0.3, -0.25) is 4.79 Å². The van der Waals surface area contributed by atoms with Crippen LogP contribution in [-0.2, 0) is 16.0 Å². The second kappa shape index (κ2) is 13.7. The van der Waals surface area contributed by atoms with Gasteiger partial charge in [0.05, 0.1) is 7.11 Å². The third-order valence-electron chi connectivity index (χ3n) is 5.62. The highest BCUT2D eigenvalue weighted by molar-refractivity contribution is 14.0. The van der Waals surface area contributed by atoms with Crippen LogP contribution in [0.1, 0.15) is 31.2 Å². The van der Waals surface area contributed by atoms with Crippen LogP contribution >= 0.6 is 24.0 Å². The molecular weight excluding hydrogens is 495 g/mol. The van der Waals surface area contributed by atoms with Crippen molar-refractivity contribution in [2.75, 3.05) is 54.6 Å². The molecule has 0 atom stereocenters. The second-order valence-corrected chi connectivity index (χ2v) is 7.93. The topological polar surface area (TPSA) is 75.2 Å². The van der Waals surface area contributed by atoms with Crippen LogP contribution in [0.3, 0.4) is 0 Å². The van der Waals surface area contributed by atoms with Crippen molar-refractivity contribution in [3.63, 3.8) is 0 Å². The lowest BCUT2D eigenvalue weighted by Gasteiger charge is -2.42. The first kappa shape index (κ1) is 26.5. The molecule has 0 aromatic heterocycles. The summed E-state index contributed by atoms with van der Waals surface area (Å²) in [5.74, 6) is 1.53. The first-order chi connectivity index (χ1) is 14.0. The fourth-order valence-corrected chi connectivity index (χ4v) is 3.36. The van der Waals surface area contributed by atoms with E-state index in [2.05, 4.69) is 27.8 Å². The van der Waals surface area contributed by atoms with E-state index < -0.39 is 0 Å². The first-order valence-corrected chi connectivity index (χ1v) is 10.3. The minimum Gasteiger partial charge on any atom is -0.497 e. The molecule has 2 rings (SSSR count). The Bertz CT molecular complexity index is 661. The number of rotatable bonds is 11. The molecule has 0 bridgehead atoms. The number of hydrogen-bond donors (Lipinski definition) is 2. The fourth-order valence-electron chi connectivity index (χ4n) is 3.36. The van der Waals surface area contributed by atoms with Gasteiger partial charge in [-0.2, -0.15) is 0 Å². The Hall–Kier alpha value is -1.55. The number of halogens is 1. The Morgan fingerprint density at radius 1 is 1.17 bits per heavy atom. The standard InChI is InChI=1S/C22H36N4O3.HI/c1-26(2)20(27)16-24-21(25-17-22(11-5-12-22)13-15-28-3)23-14-10-18-6-8-19(29-4)9-7-18;/h6-9H,5,10-17H2,1-4H3,(H2,23,24,25);1H. The molecular formula is C22H37IN4O3. The van der Waals surface area contributed by atoms with Gasteiger partial charge in [-0.1, -0.05) is 18.6 Å². The van der Waals surface area contributed by atoms with Crippen molar-refractivity contribution in [2.45, 2.75) is 32.1 Å². The van der Waals surface area contributed by atoms with E-state index >= 15 is 0 Å². The largest absolute Gasteiger partial charge is 0.497 e. The molecule has 1 fully saturated rings. The van der Waals surface area contributed by atoms with Gasteiger partial charge in [0.15, 0.2) is 5.96 Å². The maximum Gasteiger partial charge on any atom is 0.243 e. The number of guanidine groups is 1. The van der Waals surface area contributed by atoms with E-state index in [0.29, 0.717) is 5.96 Å². The molecule has 1 saturated carbocycles. The van der Waals surface area contributed by atoms with Gasteiger partial charge in [0, 0.05) is 40.9 Å². The molecule has 1 aliphatic rings. The van der Waals surface area contributed by atoms with E-state index in [1.807, 2.05) is 12.1 Å². The number of amides is 1. The Kier molecular flexibility index (Phi) is 12.1. The zero-order valence-corrected chi connectivity index (χ0v) is 21.0. The van der Waals surface area contributed by atoms with Crippen molar-refractivity contribution >= 4 is 35.8 Å². The number of ether oxygens (including phenoxy) is 2. The van der Waals surface area contributed by atoms with Gasteiger partial charge in [-0.25, -0.2) is 4.99 Å². The van der Waals surface area contributed by atoms with Crippen LogP contribution in [-0.4, -0.2) is 71.3 Å². The summed E-state index contributed by atoms with van der Waals surface area (Å²) >= 11 is 0. The Balaban J connectivity index is 0.00000450. The molecule has 8 heteroatoms. The number of hydrogen-bond acceptors (Lipinski definition) is 4. The van der Waals surface area contributed by atoms with E-state index in [0.717, 1.165) is 38.3 Å². The van der Waals surface area contributed by atoms with E-state index in [-0.39, 0.29) is 41.8 Å². The fraction of sp³-hybridized carbons (Fsp3) is 0.636. The lowest BCUT2D eigenvalue weighted by atomic mass is 9.67. The summed E-state index contributed by atoms with van der Waals surface area (Å²) in [4.78, 5) is 18.0. The Morgan fingerprint density at radius 3 is 2.40 bits per heavy atom. The van der Waals surface area contributed by atoms with Gasteiger partial charge in [0.1, 0.15) is 12.3 Å².